The van der Waals surface area contributed by atoms with E-state index in [1.54, 1.807) is 11.3 Å². The van der Waals surface area contributed by atoms with Crippen molar-refractivity contribution < 1.29 is 5.11 Å². The Morgan fingerprint density at radius 2 is 2.33 bits per heavy atom. The van der Waals surface area contributed by atoms with Gasteiger partial charge in [0.05, 0.1) is 0 Å². The highest BCUT2D eigenvalue weighted by Gasteiger charge is 2.10. The van der Waals surface area contributed by atoms with Gasteiger partial charge in [-0.2, -0.15) is 11.3 Å². The van der Waals surface area contributed by atoms with Gasteiger partial charge in [0.15, 0.2) is 0 Å². The van der Waals surface area contributed by atoms with Crippen molar-refractivity contribution in [3.05, 3.63) is 46.4 Å². The number of rotatable bonds is 2. The Kier molecular flexibility index (Phi) is 1.98. The number of aromatic amines is 1. The van der Waals surface area contributed by atoms with Crippen LogP contribution < -0.4 is 0 Å². The van der Waals surface area contributed by atoms with Crippen LogP contribution in [-0.4, -0.2) is 10.1 Å². The summed E-state index contributed by atoms with van der Waals surface area (Å²) in [7, 11) is 0. The fourth-order valence-corrected chi connectivity index (χ4v) is 1.80. The Morgan fingerprint density at radius 1 is 1.42 bits per heavy atom. The number of aliphatic hydroxyl groups excluding tert-OH is 1. The van der Waals surface area contributed by atoms with E-state index in [0.717, 1.165) is 11.3 Å². The minimum absolute atomic E-state index is 0.508. The lowest BCUT2D eigenvalue weighted by Gasteiger charge is -2.05. The molecule has 0 saturated carbocycles. The normalized spacial score (nSPS) is 13.1. The molecule has 1 atom stereocenters. The summed E-state index contributed by atoms with van der Waals surface area (Å²) in [6.07, 6.45) is 1.30. The zero-order valence-electron chi connectivity index (χ0n) is 6.40. The van der Waals surface area contributed by atoms with Crippen molar-refractivity contribution in [3.63, 3.8) is 0 Å². The maximum atomic E-state index is 9.75. The molecule has 0 aliphatic rings. The van der Waals surface area contributed by atoms with Crippen molar-refractivity contribution in [2.75, 3.05) is 0 Å². The molecule has 2 aromatic heterocycles. The fraction of sp³-hybridized carbons (Fsp3) is 0.111. The van der Waals surface area contributed by atoms with Crippen molar-refractivity contribution in [3.8, 4) is 0 Å². The lowest BCUT2D eigenvalue weighted by molar-refractivity contribution is 0.216. The summed E-state index contributed by atoms with van der Waals surface area (Å²) >= 11 is 1.59. The van der Waals surface area contributed by atoms with Crippen LogP contribution in [0.4, 0.5) is 0 Å². The second-order valence-electron chi connectivity index (χ2n) is 2.58. The summed E-state index contributed by atoms with van der Waals surface area (Å²) < 4.78 is 0. The Hall–Kier alpha value is -1.06. The first kappa shape index (κ1) is 7.58. The predicted molar refractivity (Wildman–Crippen MR) is 49.2 cm³/mol. The van der Waals surface area contributed by atoms with Gasteiger partial charge < -0.3 is 10.1 Å². The van der Waals surface area contributed by atoms with Crippen molar-refractivity contribution in [1.29, 1.82) is 0 Å². The predicted octanol–water partition coefficient (Wildman–Crippen LogP) is 2.16. The second-order valence-corrected chi connectivity index (χ2v) is 3.36. The van der Waals surface area contributed by atoms with Crippen LogP contribution in [0.25, 0.3) is 0 Å². The van der Waals surface area contributed by atoms with E-state index in [1.165, 1.54) is 0 Å². The van der Waals surface area contributed by atoms with Crippen LogP contribution in [-0.2, 0) is 0 Å². The van der Waals surface area contributed by atoms with Crippen LogP contribution >= 0.6 is 11.3 Å². The SMILES string of the molecule is OC(c1ccsc1)c1ccc[nH]1. The van der Waals surface area contributed by atoms with E-state index in [2.05, 4.69) is 4.98 Å². The van der Waals surface area contributed by atoms with Gasteiger partial charge in [-0.3, -0.25) is 0 Å². The summed E-state index contributed by atoms with van der Waals surface area (Å²) in [5.41, 5.74) is 1.79. The van der Waals surface area contributed by atoms with Crippen LogP contribution in [0.5, 0.6) is 0 Å². The van der Waals surface area contributed by atoms with Crippen molar-refractivity contribution in [1.82, 2.24) is 4.98 Å². The van der Waals surface area contributed by atoms with Gasteiger partial charge in [-0.25, -0.2) is 0 Å². The summed E-state index contributed by atoms with van der Waals surface area (Å²) in [5, 5.41) is 13.7. The minimum atomic E-state index is -0.508. The average Bonchev–Trinajstić information content (AvgIpc) is 2.77. The highest BCUT2D eigenvalue weighted by atomic mass is 32.1. The van der Waals surface area contributed by atoms with Crippen LogP contribution in [0.3, 0.4) is 0 Å². The van der Waals surface area contributed by atoms with E-state index in [4.69, 9.17) is 0 Å². The number of hydrogen-bond acceptors (Lipinski definition) is 2. The number of aromatic nitrogens is 1. The summed E-state index contributed by atoms with van der Waals surface area (Å²) in [4.78, 5) is 2.98. The highest BCUT2D eigenvalue weighted by Crippen LogP contribution is 2.21. The molecule has 0 aliphatic heterocycles. The van der Waals surface area contributed by atoms with Crippen LogP contribution in [0.1, 0.15) is 17.4 Å². The molecular formula is C9H9NOS. The number of aliphatic hydroxyl groups is 1. The van der Waals surface area contributed by atoms with E-state index in [-0.39, 0.29) is 0 Å². The first-order valence-corrected chi connectivity index (χ1v) is 4.65. The van der Waals surface area contributed by atoms with Gasteiger partial charge in [0.25, 0.3) is 0 Å². The van der Waals surface area contributed by atoms with Crippen molar-refractivity contribution >= 4 is 11.3 Å². The van der Waals surface area contributed by atoms with Crippen LogP contribution in [0.2, 0.25) is 0 Å². The van der Waals surface area contributed by atoms with Gasteiger partial charge in [-0.1, -0.05) is 0 Å². The maximum Gasteiger partial charge on any atom is 0.120 e. The number of H-pyrrole nitrogens is 1. The monoisotopic (exact) mass is 179 g/mol. The van der Waals surface area contributed by atoms with E-state index in [1.807, 2.05) is 35.2 Å². The Bertz CT molecular complexity index is 291. The zero-order valence-corrected chi connectivity index (χ0v) is 7.21. The van der Waals surface area contributed by atoms with Gasteiger partial charge in [0.1, 0.15) is 6.10 Å². The number of nitrogens with one attached hydrogen (secondary N) is 1. The maximum absolute atomic E-state index is 9.75. The molecule has 0 spiro atoms. The lowest BCUT2D eigenvalue weighted by atomic mass is 10.1. The molecule has 0 fully saturated rings. The molecule has 2 N–H and O–H groups in total. The molecule has 1 unspecified atom stereocenters. The lowest BCUT2D eigenvalue weighted by Crippen LogP contribution is -1.97. The van der Waals surface area contributed by atoms with E-state index >= 15 is 0 Å². The zero-order chi connectivity index (χ0) is 8.39. The quantitative estimate of drug-likeness (QED) is 0.728. The van der Waals surface area contributed by atoms with Gasteiger partial charge >= 0.3 is 0 Å². The molecule has 62 valence electrons. The molecule has 0 radical (unpaired) electrons. The molecule has 12 heavy (non-hydrogen) atoms. The van der Waals surface area contributed by atoms with Crippen LogP contribution in [0.15, 0.2) is 35.2 Å². The van der Waals surface area contributed by atoms with Crippen molar-refractivity contribution in [2.45, 2.75) is 6.10 Å². The molecule has 0 amide bonds. The van der Waals surface area contributed by atoms with Gasteiger partial charge in [0, 0.05) is 11.9 Å². The summed E-state index contributed by atoms with van der Waals surface area (Å²) in [6.45, 7) is 0. The third-order valence-corrected chi connectivity index (χ3v) is 2.48. The van der Waals surface area contributed by atoms with Crippen molar-refractivity contribution in [2.24, 2.45) is 0 Å². The van der Waals surface area contributed by atoms with E-state index < -0.39 is 6.10 Å². The highest BCUT2D eigenvalue weighted by molar-refractivity contribution is 7.07. The topological polar surface area (TPSA) is 36.0 Å². The number of thiophene rings is 1. The second kappa shape index (κ2) is 3.13. The molecule has 0 aliphatic carbocycles. The Labute approximate surface area is 74.5 Å². The van der Waals surface area contributed by atoms with Crippen LogP contribution in [0, 0.1) is 0 Å². The van der Waals surface area contributed by atoms with Gasteiger partial charge in [-0.15, -0.1) is 0 Å². The molecule has 2 rings (SSSR count). The third kappa shape index (κ3) is 1.29. The molecular weight excluding hydrogens is 170 g/mol. The van der Waals surface area contributed by atoms with Gasteiger partial charge in [0.2, 0.25) is 0 Å². The summed E-state index contributed by atoms with van der Waals surface area (Å²) in [5.74, 6) is 0. The first-order chi connectivity index (χ1) is 5.88. The molecule has 0 bridgehead atoms. The third-order valence-electron chi connectivity index (χ3n) is 1.78. The molecule has 2 heterocycles. The Balaban J connectivity index is 2.27. The number of hydrogen-bond donors (Lipinski definition) is 2. The first-order valence-electron chi connectivity index (χ1n) is 3.71. The average molecular weight is 179 g/mol. The van der Waals surface area contributed by atoms with E-state index in [9.17, 15) is 5.11 Å². The Morgan fingerprint density at radius 3 is 2.92 bits per heavy atom. The standard InChI is InChI=1S/C9H9NOS/c11-9(7-3-5-12-6-7)8-2-1-4-10-8/h1-6,9-11H. The molecule has 0 aromatic carbocycles. The summed E-state index contributed by atoms with van der Waals surface area (Å²) in [6, 6.07) is 5.68. The largest absolute Gasteiger partial charge is 0.382 e. The molecule has 2 aromatic rings. The minimum Gasteiger partial charge on any atom is -0.382 e. The molecule has 0 saturated heterocycles. The fourth-order valence-electron chi connectivity index (χ4n) is 1.12. The van der Waals surface area contributed by atoms with Gasteiger partial charge in [-0.05, 0) is 34.5 Å². The molecule has 3 heteroatoms. The smallest absolute Gasteiger partial charge is 0.120 e. The molecule has 2 nitrogen and oxygen atoms in total. The van der Waals surface area contributed by atoms with E-state index in [0.29, 0.717) is 0 Å².